The molecule has 0 N–H and O–H groups in total. The van der Waals surface area contributed by atoms with E-state index in [1.165, 1.54) is 4.90 Å². The molecule has 31 heavy (non-hydrogen) atoms. The van der Waals surface area contributed by atoms with E-state index < -0.39 is 20.5 Å². The van der Waals surface area contributed by atoms with Crippen molar-refractivity contribution in [1.29, 1.82) is 0 Å². The van der Waals surface area contributed by atoms with Crippen molar-refractivity contribution in [2.75, 3.05) is 4.90 Å². The van der Waals surface area contributed by atoms with Crippen molar-refractivity contribution in [2.45, 2.75) is 22.5 Å². The summed E-state index contributed by atoms with van der Waals surface area (Å²) in [5.41, 5.74) is 6.83. The van der Waals surface area contributed by atoms with E-state index >= 15 is 0 Å². The molecule has 2 unspecified atom stereocenters. The average Bonchev–Trinajstić information content (AvgIpc) is 3.05. The second-order valence-electron chi connectivity index (χ2n) is 8.77. The Morgan fingerprint density at radius 3 is 1.55 bits per heavy atom. The zero-order chi connectivity index (χ0) is 21.7. The molecule has 1 saturated heterocycles. The van der Waals surface area contributed by atoms with Gasteiger partial charge in [-0.25, -0.2) is 4.90 Å². The summed E-state index contributed by atoms with van der Waals surface area (Å²) in [6, 6.07) is 22.2. The predicted octanol–water partition coefficient (Wildman–Crippen LogP) is 5.71. The summed E-state index contributed by atoms with van der Waals surface area (Å²) < 4.78 is -1.50. The molecular formula is C26H19Br2NO2. The van der Waals surface area contributed by atoms with Crippen molar-refractivity contribution >= 4 is 49.4 Å². The number of imide groups is 1. The molecule has 0 aromatic heterocycles. The Bertz CT molecular complexity index is 1190. The second-order valence-corrected chi connectivity index (χ2v) is 11.3. The van der Waals surface area contributed by atoms with Crippen molar-refractivity contribution < 1.29 is 9.59 Å². The van der Waals surface area contributed by atoms with Gasteiger partial charge in [0.25, 0.3) is 0 Å². The van der Waals surface area contributed by atoms with Gasteiger partial charge in [-0.3, -0.25) is 9.59 Å². The van der Waals surface area contributed by atoms with Crippen molar-refractivity contribution in [3.63, 3.8) is 0 Å². The zero-order valence-electron chi connectivity index (χ0n) is 17.0. The van der Waals surface area contributed by atoms with Crippen LogP contribution in [0.25, 0.3) is 0 Å². The van der Waals surface area contributed by atoms with Crippen LogP contribution in [-0.2, 0) is 18.2 Å². The van der Waals surface area contributed by atoms with Crippen molar-refractivity contribution in [1.82, 2.24) is 0 Å². The fourth-order valence-corrected chi connectivity index (χ4v) is 8.17. The number of hydrogen-bond donors (Lipinski definition) is 0. The van der Waals surface area contributed by atoms with Gasteiger partial charge in [-0.1, -0.05) is 92.5 Å². The van der Waals surface area contributed by atoms with Gasteiger partial charge < -0.3 is 0 Å². The Labute approximate surface area is 197 Å². The third kappa shape index (κ3) is 2.14. The molecule has 5 heteroatoms. The molecule has 3 nitrogen and oxygen atoms in total. The minimum Gasteiger partial charge on any atom is -0.274 e. The third-order valence-corrected chi connectivity index (χ3v) is 9.89. The van der Waals surface area contributed by atoms with Crippen molar-refractivity contribution in [3.05, 3.63) is 100 Å². The van der Waals surface area contributed by atoms with Crippen molar-refractivity contribution in [2.24, 2.45) is 11.8 Å². The van der Waals surface area contributed by atoms with Crippen LogP contribution in [0.1, 0.15) is 33.4 Å². The molecule has 3 aromatic carbocycles. The van der Waals surface area contributed by atoms with Gasteiger partial charge in [0.05, 0.1) is 26.2 Å². The van der Waals surface area contributed by atoms with Crippen LogP contribution in [0.5, 0.6) is 0 Å². The Morgan fingerprint density at radius 1 is 0.710 bits per heavy atom. The number of amides is 2. The van der Waals surface area contributed by atoms with Gasteiger partial charge >= 0.3 is 0 Å². The lowest BCUT2D eigenvalue weighted by Crippen LogP contribution is -2.56. The fourth-order valence-electron chi connectivity index (χ4n) is 5.86. The fraction of sp³-hybridized carbons (Fsp3) is 0.231. The largest absolute Gasteiger partial charge is 0.274 e. The maximum atomic E-state index is 14.0. The molecule has 0 radical (unpaired) electrons. The van der Waals surface area contributed by atoms with E-state index in [2.05, 4.69) is 56.1 Å². The number of carbonyl (C=O) groups excluding carboxylic acids is 2. The number of carbonyl (C=O) groups is 2. The van der Waals surface area contributed by atoms with E-state index in [1.54, 1.807) is 0 Å². The molecule has 7 rings (SSSR count). The topological polar surface area (TPSA) is 37.4 Å². The van der Waals surface area contributed by atoms with Crippen LogP contribution in [0.4, 0.5) is 5.69 Å². The molecule has 1 fully saturated rings. The third-order valence-electron chi connectivity index (χ3n) is 7.19. The first-order valence-electron chi connectivity index (χ1n) is 10.3. The molecule has 2 amide bonds. The maximum absolute atomic E-state index is 14.0. The highest BCUT2D eigenvalue weighted by Crippen LogP contribution is 2.70. The zero-order valence-corrected chi connectivity index (χ0v) is 20.2. The van der Waals surface area contributed by atoms with Crippen LogP contribution in [0, 0.1) is 25.7 Å². The molecule has 1 heterocycles. The van der Waals surface area contributed by atoms with Gasteiger partial charge in [-0.2, -0.15) is 0 Å². The molecule has 4 aliphatic rings. The highest BCUT2D eigenvalue weighted by Gasteiger charge is 2.72. The minimum atomic E-state index is -0.750. The van der Waals surface area contributed by atoms with Gasteiger partial charge in [0.15, 0.2) is 0 Å². The van der Waals surface area contributed by atoms with E-state index in [-0.39, 0.29) is 11.8 Å². The number of nitrogens with zero attached hydrogens (tertiary/aromatic N) is 1. The number of anilines is 1. The smallest absolute Gasteiger partial charge is 0.239 e. The van der Waals surface area contributed by atoms with Gasteiger partial charge in [0.2, 0.25) is 11.8 Å². The van der Waals surface area contributed by atoms with Crippen LogP contribution in [0.3, 0.4) is 0 Å². The number of rotatable bonds is 1. The van der Waals surface area contributed by atoms with Gasteiger partial charge in [-0.15, -0.1) is 0 Å². The highest BCUT2D eigenvalue weighted by molar-refractivity contribution is 9.10. The monoisotopic (exact) mass is 535 g/mol. The molecule has 154 valence electrons. The minimum absolute atomic E-state index is 0.145. The quantitative estimate of drug-likeness (QED) is 0.295. The predicted molar refractivity (Wildman–Crippen MR) is 128 cm³/mol. The van der Waals surface area contributed by atoms with E-state index in [0.717, 1.165) is 33.4 Å². The summed E-state index contributed by atoms with van der Waals surface area (Å²) in [7, 11) is 0. The lowest BCUT2D eigenvalue weighted by atomic mass is 9.54. The number of halogens is 2. The molecule has 2 bridgehead atoms. The number of aryl methyl sites for hydroxylation is 2. The molecule has 0 spiro atoms. The van der Waals surface area contributed by atoms with E-state index in [0.29, 0.717) is 5.69 Å². The Morgan fingerprint density at radius 2 is 1.13 bits per heavy atom. The molecule has 2 atom stereocenters. The molecule has 3 aliphatic carbocycles. The maximum Gasteiger partial charge on any atom is 0.239 e. The van der Waals surface area contributed by atoms with Gasteiger partial charge in [-0.05, 0) is 53.3 Å². The molecule has 3 aromatic rings. The van der Waals surface area contributed by atoms with Gasteiger partial charge in [0.1, 0.15) is 0 Å². The highest BCUT2D eigenvalue weighted by atomic mass is 79.9. The lowest BCUT2D eigenvalue weighted by molar-refractivity contribution is -0.122. The summed E-state index contributed by atoms with van der Waals surface area (Å²) in [4.78, 5) is 29.5. The summed E-state index contributed by atoms with van der Waals surface area (Å²) >= 11 is 8.08. The summed E-state index contributed by atoms with van der Waals surface area (Å²) in [5, 5.41) is 0. The summed E-state index contributed by atoms with van der Waals surface area (Å²) in [6.45, 7) is 3.93. The first-order chi connectivity index (χ1) is 14.8. The summed E-state index contributed by atoms with van der Waals surface area (Å²) in [6.07, 6.45) is 0. The second kappa shape index (κ2) is 6.17. The normalized spacial score (nSPS) is 30.3. The SMILES string of the molecule is Cc1ccc(C)c(N2C(=O)C3C(C2=O)C2(Br)c4ccccc4C3(Br)c3ccccc32)c1. The average molecular weight is 537 g/mol. The summed E-state index contributed by atoms with van der Waals surface area (Å²) in [5.74, 6) is -1.37. The first-order valence-corrected chi connectivity index (χ1v) is 11.9. The van der Waals surface area contributed by atoms with Crippen molar-refractivity contribution in [3.8, 4) is 0 Å². The number of hydrogen-bond acceptors (Lipinski definition) is 2. The van der Waals surface area contributed by atoms with E-state index in [4.69, 9.17) is 0 Å². The van der Waals surface area contributed by atoms with Crippen LogP contribution < -0.4 is 4.90 Å². The Balaban J connectivity index is 1.67. The standard InChI is InChI=1S/C26H19Br2NO2/c1-14-11-12-15(2)20(13-14)29-23(30)21-22(24(29)31)26(28)17-8-4-3-7-16(17)25(21,27)18-9-5-6-10-19(18)26/h3-13,21-22H,1-2H3. The van der Waals surface area contributed by atoms with Crippen LogP contribution in [-0.4, -0.2) is 11.8 Å². The number of alkyl halides is 2. The Kier molecular flexibility index (Phi) is 3.87. The van der Waals surface area contributed by atoms with Gasteiger partial charge in [0, 0.05) is 0 Å². The van der Waals surface area contributed by atoms with Crippen LogP contribution in [0.15, 0.2) is 66.7 Å². The van der Waals surface area contributed by atoms with Crippen LogP contribution >= 0.6 is 31.9 Å². The van der Waals surface area contributed by atoms with Crippen LogP contribution in [0.2, 0.25) is 0 Å². The lowest BCUT2D eigenvalue weighted by Gasteiger charge is -2.55. The Hall–Kier alpha value is -2.24. The van der Waals surface area contributed by atoms with E-state index in [9.17, 15) is 9.59 Å². The van der Waals surface area contributed by atoms with E-state index in [1.807, 2.05) is 56.3 Å². The first kappa shape index (κ1) is 19.4. The number of benzene rings is 3. The molecular weight excluding hydrogens is 518 g/mol. The molecule has 0 saturated carbocycles. The molecule has 1 aliphatic heterocycles.